The van der Waals surface area contributed by atoms with Crippen molar-refractivity contribution in [1.82, 2.24) is 20.1 Å². The molecule has 3 fully saturated rings. The number of amides is 1. The monoisotopic (exact) mass is 542 g/mol. The van der Waals surface area contributed by atoms with Crippen molar-refractivity contribution in [3.63, 3.8) is 0 Å². The molecule has 2 bridgehead atoms. The van der Waals surface area contributed by atoms with Gasteiger partial charge < -0.3 is 15.2 Å². The fraction of sp³-hybridized carbons (Fsp3) is 0.407. The Balaban J connectivity index is 1.03. The van der Waals surface area contributed by atoms with Crippen LogP contribution in [0.2, 0.25) is 5.02 Å². The molecular weight excluding hydrogens is 518 g/mol. The summed E-state index contributed by atoms with van der Waals surface area (Å²) in [6.07, 6.45) is 5.32. The summed E-state index contributed by atoms with van der Waals surface area (Å²) < 4.78 is 34.1. The van der Waals surface area contributed by atoms with E-state index >= 15 is 0 Å². The third-order valence-corrected chi connectivity index (χ3v) is 8.01. The number of hydrogen-bond donors (Lipinski definition) is 2. The molecule has 0 radical (unpaired) electrons. The van der Waals surface area contributed by atoms with E-state index in [0.29, 0.717) is 53.3 Å². The molecule has 3 heterocycles. The van der Waals surface area contributed by atoms with Gasteiger partial charge in [-0.1, -0.05) is 11.6 Å². The second-order valence-corrected chi connectivity index (χ2v) is 11.3. The van der Waals surface area contributed by atoms with Gasteiger partial charge >= 0.3 is 0 Å². The fourth-order valence-electron chi connectivity index (χ4n) is 6.09. The molecular formula is C27H25ClF2N4O4. The highest BCUT2D eigenvalue weighted by atomic mass is 35.5. The fourth-order valence-corrected chi connectivity index (χ4v) is 6.27. The Morgan fingerprint density at radius 2 is 2.00 bits per heavy atom. The van der Waals surface area contributed by atoms with E-state index in [9.17, 15) is 23.5 Å². The predicted octanol–water partition coefficient (Wildman–Crippen LogP) is 4.53. The Morgan fingerprint density at radius 3 is 2.68 bits per heavy atom. The molecule has 7 rings (SSSR count). The molecule has 1 aliphatic heterocycles. The number of rotatable bonds is 7. The first-order chi connectivity index (χ1) is 17.9. The topological polar surface area (TPSA) is 106 Å². The molecule has 8 nitrogen and oxygen atoms in total. The highest BCUT2D eigenvalue weighted by Gasteiger charge is 2.68. The van der Waals surface area contributed by atoms with E-state index in [1.807, 2.05) is 0 Å². The first-order valence-corrected chi connectivity index (χ1v) is 12.7. The Morgan fingerprint density at radius 1 is 1.24 bits per heavy atom. The molecule has 3 aliphatic carbocycles. The normalized spacial score (nSPS) is 27.4. The minimum Gasteiger partial charge on any atom is -0.482 e. The quantitative estimate of drug-likeness (QED) is 0.454. The highest BCUT2D eigenvalue weighted by Crippen LogP contribution is 2.69. The number of nitrogens with one attached hydrogen (secondary N) is 1. The van der Waals surface area contributed by atoms with Gasteiger partial charge in [0.25, 0.3) is 11.8 Å². The number of halogens is 3. The molecule has 198 valence electrons. The van der Waals surface area contributed by atoms with Gasteiger partial charge in [0.05, 0.1) is 29.7 Å². The lowest BCUT2D eigenvalue weighted by molar-refractivity contribution is -0.166. The van der Waals surface area contributed by atoms with Crippen LogP contribution in [0, 0.1) is 5.41 Å². The van der Waals surface area contributed by atoms with Crippen LogP contribution in [0.3, 0.4) is 0 Å². The summed E-state index contributed by atoms with van der Waals surface area (Å²) in [5.41, 5.74) is 0.550. The zero-order valence-electron chi connectivity index (χ0n) is 20.5. The number of pyridine rings is 1. The predicted molar refractivity (Wildman–Crippen MR) is 132 cm³/mol. The number of fused-ring (bicyclic) bond motifs is 1. The van der Waals surface area contributed by atoms with Crippen LogP contribution in [0.25, 0.3) is 5.69 Å². The number of benzene rings is 1. The SMILES string of the molecule is CC(F)(F)c1ccc(-n2cc(C(=O)NC34CC(CC(=O)[C@H]5C[C@@H](O)c6cc(Cl)ccc6O5)(C3)C4)cn2)cn1. The van der Waals surface area contributed by atoms with E-state index in [4.69, 9.17) is 16.3 Å². The van der Waals surface area contributed by atoms with Crippen molar-refractivity contribution < 1.29 is 28.2 Å². The van der Waals surface area contributed by atoms with Crippen LogP contribution >= 0.6 is 11.6 Å². The molecule has 4 aliphatic rings. The standard InChI is InChI=1S/C27H25ClF2N4O4/c1-25(29,30)23-5-3-17(10-31-23)34-11-15(9-32-34)24(37)33-27-12-26(13-27,14-27)8-20(36)22-7-19(35)18-6-16(28)2-4-21(18)38-22/h2-6,9-11,19,22,35H,7-8,12-14H2,1H3,(H,33,37)/t19-,22-,26?,27?/m1/s1. The van der Waals surface area contributed by atoms with Gasteiger partial charge in [0, 0.05) is 42.1 Å². The Hall–Kier alpha value is -3.37. The number of hydrogen-bond acceptors (Lipinski definition) is 6. The molecule has 11 heteroatoms. The highest BCUT2D eigenvalue weighted by molar-refractivity contribution is 6.30. The van der Waals surface area contributed by atoms with Gasteiger partial charge in [0.15, 0.2) is 11.9 Å². The lowest BCUT2D eigenvalue weighted by atomic mass is 9.38. The maximum absolute atomic E-state index is 13.4. The van der Waals surface area contributed by atoms with Crippen LogP contribution in [-0.4, -0.2) is 43.2 Å². The van der Waals surface area contributed by atoms with Crippen LogP contribution in [0.4, 0.5) is 8.78 Å². The third-order valence-electron chi connectivity index (χ3n) is 7.77. The van der Waals surface area contributed by atoms with E-state index in [1.54, 1.807) is 18.2 Å². The lowest BCUT2D eigenvalue weighted by Crippen LogP contribution is -2.75. The Bertz CT molecular complexity index is 1420. The maximum atomic E-state index is 13.4. The van der Waals surface area contributed by atoms with Crippen LogP contribution in [-0.2, 0) is 10.7 Å². The molecule has 3 aromatic rings. The minimum atomic E-state index is -3.04. The number of alkyl halides is 2. The maximum Gasteiger partial charge on any atom is 0.286 e. The van der Waals surface area contributed by atoms with Crippen molar-refractivity contribution in [2.24, 2.45) is 5.41 Å². The first kappa shape index (κ1) is 24.9. The zero-order chi connectivity index (χ0) is 26.9. The molecule has 0 unspecified atom stereocenters. The van der Waals surface area contributed by atoms with E-state index in [2.05, 4.69) is 15.4 Å². The summed E-state index contributed by atoms with van der Waals surface area (Å²) in [6.45, 7) is 0.778. The number of ether oxygens (including phenoxy) is 1. The van der Waals surface area contributed by atoms with E-state index in [1.165, 1.54) is 35.4 Å². The van der Waals surface area contributed by atoms with Gasteiger partial charge in [-0.25, -0.2) is 4.68 Å². The number of nitrogens with zero attached hydrogens (tertiary/aromatic N) is 3. The lowest BCUT2D eigenvalue weighted by Gasteiger charge is -2.70. The van der Waals surface area contributed by atoms with E-state index in [-0.39, 0.29) is 34.8 Å². The van der Waals surface area contributed by atoms with Crippen molar-refractivity contribution in [3.8, 4) is 11.4 Å². The minimum absolute atomic E-state index is 0.0500. The van der Waals surface area contributed by atoms with Crippen molar-refractivity contribution >= 4 is 23.3 Å². The summed E-state index contributed by atoms with van der Waals surface area (Å²) in [5, 5.41) is 18.2. The van der Waals surface area contributed by atoms with Gasteiger partial charge in [-0.3, -0.25) is 14.6 Å². The third kappa shape index (κ3) is 4.35. The molecule has 3 saturated carbocycles. The molecule has 38 heavy (non-hydrogen) atoms. The number of Topliss-reactive ketones (excluding diaryl/α,β-unsaturated/α-hetero) is 1. The van der Waals surface area contributed by atoms with E-state index < -0.39 is 18.1 Å². The van der Waals surface area contributed by atoms with Crippen molar-refractivity contribution in [3.05, 3.63) is 70.8 Å². The number of carbonyl (C=O) groups excluding carboxylic acids is 2. The molecule has 2 atom stereocenters. The largest absolute Gasteiger partial charge is 0.482 e. The number of aromatic nitrogens is 3. The second kappa shape index (κ2) is 8.57. The molecule has 2 aromatic heterocycles. The summed E-state index contributed by atoms with van der Waals surface area (Å²) in [5.74, 6) is -2.90. The second-order valence-electron chi connectivity index (χ2n) is 10.9. The van der Waals surface area contributed by atoms with Crippen molar-refractivity contribution in [1.29, 1.82) is 0 Å². The van der Waals surface area contributed by atoms with Gasteiger partial charge in [-0.05, 0) is 55.0 Å². The molecule has 0 spiro atoms. The average Bonchev–Trinajstić information content (AvgIpc) is 3.32. The van der Waals surface area contributed by atoms with Crippen molar-refractivity contribution in [2.75, 3.05) is 0 Å². The van der Waals surface area contributed by atoms with E-state index in [0.717, 1.165) is 6.92 Å². The van der Waals surface area contributed by atoms with Crippen molar-refractivity contribution in [2.45, 2.75) is 62.7 Å². The summed E-state index contributed by atoms with van der Waals surface area (Å²) in [6, 6.07) is 7.69. The Kier molecular flexibility index (Phi) is 5.63. The smallest absolute Gasteiger partial charge is 0.286 e. The number of aliphatic hydroxyl groups is 1. The van der Waals surface area contributed by atoms with Crippen LogP contribution < -0.4 is 10.1 Å². The Labute approximate surface area is 222 Å². The molecule has 1 aromatic carbocycles. The zero-order valence-corrected chi connectivity index (χ0v) is 21.2. The van der Waals surface area contributed by atoms with Gasteiger partial charge in [0.1, 0.15) is 11.4 Å². The number of ketones is 1. The van der Waals surface area contributed by atoms with Crippen LogP contribution in [0.1, 0.15) is 66.7 Å². The van der Waals surface area contributed by atoms with Gasteiger partial charge in [0.2, 0.25) is 0 Å². The van der Waals surface area contributed by atoms with Crippen LogP contribution in [0.15, 0.2) is 48.9 Å². The van der Waals surface area contributed by atoms with Crippen LogP contribution in [0.5, 0.6) is 5.75 Å². The average molecular weight is 543 g/mol. The van der Waals surface area contributed by atoms with Gasteiger partial charge in [-0.2, -0.15) is 13.9 Å². The summed E-state index contributed by atoms with van der Waals surface area (Å²) in [7, 11) is 0. The first-order valence-electron chi connectivity index (χ1n) is 12.3. The number of carbonyl (C=O) groups is 2. The molecule has 1 amide bonds. The van der Waals surface area contributed by atoms with Gasteiger partial charge in [-0.15, -0.1) is 0 Å². The molecule has 2 N–H and O–H groups in total. The number of aliphatic hydroxyl groups excluding tert-OH is 1. The summed E-state index contributed by atoms with van der Waals surface area (Å²) >= 11 is 6.00. The summed E-state index contributed by atoms with van der Waals surface area (Å²) in [4.78, 5) is 29.6. The molecule has 0 saturated heterocycles.